The Balaban J connectivity index is 1.50. The maximum absolute atomic E-state index is 13.7. The molecule has 2 aliphatic rings. The van der Waals surface area contributed by atoms with Gasteiger partial charge in [-0.15, -0.1) is 0 Å². The number of rotatable bonds is 11. The van der Waals surface area contributed by atoms with Gasteiger partial charge in [-0.3, -0.25) is 14.4 Å². The third kappa shape index (κ3) is 7.24. The van der Waals surface area contributed by atoms with Gasteiger partial charge in [0.25, 0.3) is 17.4 Å². The van der Waals surface area contributed by atoms with E-state index in [0.29, 0.717) is 42.5 Å². The molecule has 2 unspecified atom stereocenters. The predicted octanol–water partition coefficient (Wildman–Crippen LogP) is 2.97. The fourth-order valence-electron chi connectivity index (χ4n) is 6.16. The number of anilines is 2. The molecule has 0 spiro atoms. The Morgan fingerprint density at radius 1 is 0.830 bits per heavy atom. The summed E-state index contributed by atoms with van der Waals surface area (Å²) < 4.78 is 22.5. The van der Waals surface area contributed by atoms with Crippen molar-refractivity contribution in [3.63, 3.8) is 0 Å². The van der Waals surface area contributed by atoms with E-state index in [1.165, 1.54) is 20.3 Å². The van der Waals surface area contributed by atoms with Crippen LogP contribution in [-0.4, -0.2) is 74.9 Å². The standard InChI is InChI=1S/C34H38N4O9/c1-5-46-33(42)30(34(43)47-6-2)36-31(40)21-10-11-28(26(15-21)35-32(41)22-13-24(44-3)16-25(14-22)45-4)37-17-20-12-23(19-37)27-8-7-9-29(39)38(27)18-20/h7-11,13-16,20,23,30H,5-6,12,17-19H2,1-4H3,(H,35,41)(H,36,40). The topological polar surface area (TPSA) is 154 Å². The first kappa shape index (κ1) is 33.0. The summed E-state index contributed by atoms with van der Waals surface area (Å²) in [5, 5.41) is 5.36. The highest BCUT2D eigenvalue weighted by atomic mass is 16.6. The van der Waals surface area contributed by atoms with Gasteiger partial charge in [0.1, 0.15) is 11.5 Å². The van der Waals surface area contributed by atoms with Crippen molar-refractivity contribution in [2.45, 2.75) is 38.8 Å². The van der Waals surface area contributed by atoms with E-state index >= 15 is 0 Å². The van der Waals surface area contributed by atoms with Gasteiger partial charge in [0.2, 0.25) is 6.04 Å². The average molecular weight is 647 g/mol. The number of carbonyl (C=O) groups excluding carboxylic acids is 4. The second-order valence-corrected chi connectivity index (χ2v) is 11.3. The van der Waals surface area contributed by atoms with Gasteiger partial charge in [-0.2, -0.15) is 0 Å². The molecule has 1 saturated heterocycles. The van der Waals surface area contributed by atoms with Crippen LogP contribution in [0.1, 0.15) is 52.6 Å². The zero-order valence-corrected chi connectivity index (χ0v) is 26.7. The molecular formula is C34H38N4O9. The molecule has 1 aromatic heterocycles. The zero-order valence-electron chi connectivity index (χ0n) is 26.7. The number of benzene rings is 2. The van der Waals surface area contributed by atoms with Gasteiger partial charge >= 0.3 is 11.9 Å². The van der Waals surface area contributed by atoms with Crippen LogP contribution in [0.15, 0.2) is 59.4 Å². The molecule has 2 atom stereocenters. The van der Waals surface area contributed by atoms with E-state index in [-0.39, 0.29) is 41.7 Å². The van der Waals surface area contributed by atoms with Crippen molar-refractivity contribution in [1.29, 1.82) is 0 Å². The average Bonchev–Trinajstić information content (AvgIpc) is 3.07. The van der Waals surface area contributed by atoms with Gasteiger partial charge in [-0.1, -0.05) is 6.07 Å². The monoisotopic (exact) mass is 646 g/mol. The molecule has 47 heavy (non-hydrogen) atoms. The van der Waals surface area contributed by atoms with Crippen LogP contribution in [0.25, 0.3) is 0 Å². The highest BCUT2D eigenvalue weighted by molar-refractivity contribution is 6.09. The summed E-state index contributed by atoms with van der Waals surface area (Å²) in [5.41, 5.74) is 2.28. The molecule has 1 fully saturated rings. The highest BCUT2D eigenvalue weighted by Gasteiger charge is 2.36. The minimum absolute atomic E-state index is 0.00146. The molecule has 2 N–H and O–H groups in total. The summed E-state index contributed by atoms with van der Waals surface area (Å²) >= 11 is 0. The maximum atomic E-state index is 13.7. The normalized spacial score (nSPS) is 16.5. The lowest BCUT2D eigenvalue weighted by Gasteiger charge is -2.44. The summed E-state index contributed by atoms with van der Waals surface area (Å²) in [7, 11) is 2.96. The van der Waals surface area contributed by atoms with Crippen LogP contribution in [0.2, 0.25) is 0 Å². The number of carbonyl (C=O) groups is 4. The second kappa shape index (κ2) is 14.4. The van der Waals surface area contributed by atoms with Crippen molar-refractivity contribution < 1.29 is 38.1 Å². The van der Waals surface area contributed by atoms with E-state index in [1.807, 2.05) is 10.6 Å². The third-order valence-electron chi connectivity index (χ3n) is 8.26. The Labute approximate surface area is 271 Å². The quantitative estimate of drug-likeness (QED) is 0.235. The van der Waals surface area contributed by atoms with Crippen LogP contribution < -0.4 is 30.6 Å². The zero-order chi connectivity index (χ0) is 33.7. The number of fused-ring (bicyclic) bond motifs is 4. The minimum Gasteiger partial charge on any atom is -0.497 e. The number of ether oxygens (including phenoxy) is 4. The number of aromatic nitrogens is 1. The number of nitrogens with one attached hydrogen (secondary N) is 2. The van der Waals surface area contributed by atoms with E-state index in [0.717, 1.165) is 12.1 Å². The SMILES string of the molecule is CCOC(=O)C(NC(=O)c1ccc(N2CC3CC(C2)c2cccc(=O)n2C3)c(NC(=O)c2cc(OC)cc(OC)c2)c1)C(=O)OCC. The molecular weight excluding hydrogens is 608 g/mol. The van der Waals surface area contributed by atoms with E-state index < -0.39 is 29.8 Å². The van der Waals surface area contributed by atoms with Crippen LogP contribution >= 0.6 is 0 Å². The van der Waals surface area contributed by atoms with Crippen molar-refractivity contribution in [3.8, 4) is 11.5 Å². The van der Waals surface area contributed by atoms with Gasteiger partial charge in [0.15, 0.2) is 0 Å². The van der Waals surface area contributed by atoms with Crippen LogP contribution in [-0.2, 0) is 25.6 Å². The Bertz CT molecular complexity index is 1700. The number of hydrogen-bond donors (Lipinski definition) is 2. The van der Waals surface area contributed by atoms with Crippen molar-refractivity contribution in [3.05, 3.63) is 81.8 Å². The van der Waals surface area contributed by atoms with Crippen LogP contribution in [0.3, 0.4) is 0 Å². The van der Waals surface area contributed by atoms with Crippen LogP contribution in [0.5, 0.6) is 11.5 Å². The maximum Gasteiger partial charge on any atom is 0.340 e. The van der Waals surface area contributed by atoms with Gasteiger partial charge in [0.05, 0.1) is 38.8 Å². The van der Waals surface area contributed by atoms with Gasteiger partial charge in [0, 0.05) is 54.5 Å². The molecule has 3 heterocycles. The lowest BCUT2D eigenvalue weighted by Crippen LogP contribution is -2.48. The number of hydrogen-bond acceptors (Lipinski definition) is 10. The molecule has 5 rings (SSSR count). The largest absolute Gasteiger partial charge is 0.497 e. The van der Waals surface area contributed by atoms with E-state index in [9.17, 15) is 24.0 Å². The van der Waals surface area contributed by atoms with Crippen molar-refractivity contribution in [1.82, 2.24) is 9.88 Å². The second-order valence-electron chi connectivity index (χ2n) is 11.3. The lowest BCUT2D eigenvalue weighted by atomic mass is 9.83. The first-order valence-corrected chi connectivity index (χ1v) is 15.4. The van der Waals surface area contributed by atoms with Crippen molar-refractivity contribution >= 4 is 35.1 Å². The number of piperidine rings is 1. The number of methoxy groups -OCH3 is 2. The summed E-state index contributed by atoms with van der Waals surface area (Å²) in [5.74, 6) is -2.01. The highest BCUT2D eigenvalue weighted by Crippen LogP contribution is 2.39. The molecule has 3 aromatic rings. The fraction of sp³-hybridized carbons (Fsp3) is 0.382. The molecule has 2 amide bonds. The van der Waals surface area contributed by atoms with Gasteiger partial charge < -0.3 is 39.0 Å². The van der Waals surface area contributed by atoms with E-state index in [4.69, 9.17) is 18.9 Å². The summed E-state index contributed by atoms with van der Waals surface area (Å²) in [6.45, 7) is 4.94. The van der Waals surface area contributed by atoms with E-state index in [1.54, 1.807) is 56.3 Å². The summed E-state index contributed by atoms with van der Waals surface area (Å²) in [6, 6.07) is 13.2. The molecule has 248 valence electrons. The third-order valence-corrected chi connectivity index (χ3v) is 8.26. The van der Waals surface area contributed by atoms with Crippen molar-refractivity contribution in [2.24, 2.45) is 5.92 Å². The van der Waals surface area contributed by atoms with Gasteiger partial charge in [-0.05, 0) is 62.6 Å². The van der Waals surface area contributed by atoms with Crippen LogP contribution in [0, 0.1) is 5.92 Å². The molecule has 0 radical (unpaired) electrons. The van der Waals surface area contributed by atoms with Crippen molar-refractivity contribution in [2.75, 3.05) is 50.7 Å². The first-order valence-electron chi connectivity index (χ1n) is 15.4. The molecule has 2 aromatic carbocycles. The molecule has 13 nitrogen and oxygen atoms in total. The molecule has 2 aliphatic heterocycles. The summed E-state index contributed by atoms with van der Waals surface area (Å²) in [4.78, 5) is 66.9. The smallest absolute Gasteiger partial charge is 0.340 e. The molecule has 0 aliphatic carbocycles. The number of esters is 2. The Morgan fingerprint density at radius 2 is 1.51 bits per heavy atom. The van der Waals surface area contributed by atoms with E-state index in [2.05, 4.69) is 15.5 Å². The predicted molar refractivity (Wildman–Crippen MR) is 172 cm³/mol. The van der Waals surface area contributed by atoms with Gasteiger partial charge in [-0.25, -0.2) is 9.59 Å². The van der Waals surface area contributed by atoms with Crippen LogP contribution in [0.4, 0.5) is 11.4 Å². The molecule has 2 bridgehead atoms. The first-order chi connectivity index (χ1) is 22.6. The number of pyridine rings is 1. The lowest BCUT2D eigenvalue weighted by molar-refractivity contribution is -0.157. The Kier molecular flexibility index (Phi) is 10.1. The summed E-state index contributed by atoms with van der Waals surface area (Å²) in [6.07, 6.45) is 0.925. The number of amides is 2. The fourth-order valence-corrected chi connectivity index (χ4v) is 6.16. The molecule has 0 saturated carbocycles. The minimum atomic E-state index is -1.67. The number of nitrogens with zero attached hydrogens (tertiary/aromatic N) is 2. The molecule has 13 heteroatoms. The Morgan fingerprint density at radius 3 is 2.15 bits per heavy atom. The Hall–Kier alpha value is -5.33.